The van der Waals surface area contributed by atoms with Crippen LogP contribution in [0.5, 0.6) is 5.75 Å². The van der Waals surface area contributed by atoms with Crippen molar-refractivity contribution in [2.24, 2.45) is 0 Å². The maximum absolute atomic E-state index is 12.5. The summed E-state index contributed by atoms with van der Waals surface area (Å²) >= 11 is 3.35. The van der Waals surface area contributed by atoms with E-state index in [9.17, 15) is 4.79 Å². The summed E-state index contributed by atoms with van der Waals surface area (Å²) in [7, 11) is 0. The number of thiophene rings is 2. The number of esters is 1. The molecule has 4 heteroatoms. The highest BCUT2D eigenvalue weighted by molar-refractivity contribution is 7.39. The van der Waals surface area contributed by atoms with Crippen LogP contribution in [0.1, 0.15) is 78.9 Å². The van der Waals surface area contributed by atoms with E-state index in [2.05, 4.69) is 32.0 Å². The van der Waals surface area contributed by atoms with Crippen LogP contribution >= 0.6 is 22.7 Å². The number of carbonyl (C=O) groups excluding carboxylic acids is 1. The third kappa shape index (κ3) is 5.92. The van der Waals surface area contributed by atoms with Crippen molar-refractivity contribution in [3.63, 3.8) is 0 Å². The Bertz CT molecular complexity index is 842. The molecule has 0 spiro atoms. The van der Waals surface area contributed by atoms with E-state index in [0.29, 0.717) is 10.6 Å². The van der Waals surface area contributed by atoms with Gasteiger partial charge < -0.3 is 4.74 Å². The summed E-state index contributed by atoms with van der Waals surface area (Å²) in [4.78, 5) is 14.6. The molecule has 0 atom stereocenters. The van der Waals surface area contributed by atoms with Gasteiger partial charge in [-0.2, -0.15) is 0 Å². The van der Waals surface area contributed by atoms with Gasteiger partial charge in [-0.15, -0.1) is 22.7 Å². The fourth-order valence-electron chi connectivity index (χ4n) is 3.28. The maximum Gasteiger partial charge on any atom is 0.353 e. The van der Waals surface area contributed by atoms with E-state index >= 15 is 0 Å². The molecule has 0 bridgehead atoms. The van der Waals surface area contributed by atoms with E-state index < -0.39 is 0 Å². The fraction of sp³-hybridized carbons (Fsp3) is 0.458. The molecule has 0 amide bonds. The number of ether oxygens (including phenoxy) is 1. The molecule has 0 aliphatic carbocycles. The second-order valence-electron chi connectivity index (χ2n) is 7.37. The molecular formula is C24H30O2S2. The van der Waals surface area contributed by atoms with Gasteiger partial charge in [-0.05, 0) is 55.5 Å². The lowest BCUT2D eigenvalue weighted by Crippen LogP contribution is -2.06. The predicted molar refractivity (Wildman–Crippen MR) is 122 cm³/mol. The van der Waals surface area contributed by atoms with Crippen molar-refractivity contribution < 1.29 is 9.53 Å². The Labute approximate surface area is 176 Å². The molecule has 150 valence electrons. The standard InChI is InChI=1S/C24H30O2S2/c1-3-5-7-8-9-10-18-12-14-20(15-13-18)26-23(25)22-17-19-16-21(11-6-4-2)27-24(19)28-22/h12-17H,3-11H2,1-2H3. The topological polar surface area (TPSA) is 26.3 Å². The zero-order chi connectivity index (χ0) is 19.8. The molecule has 3 rings (SSSR count). The molecule has 2 nitrogen and oxygen atoms in total. The number of rotatable bonds is 11. The minimum Gasteiger partial charge on any atom is -0.422 e. The number of aryl methyl sites for hydroxylation is 2. The molecule has 0 aliphatic heterocycles. The molecule has 0 saturated heterocycles. The van der Waals surface area contributed by atoms with Gasteiger partial charge in [0.25, 0.3) is 0 Å². The van der Waals surface area contributed by atoms with Crippen molar-refractivity contribution in [2.75, 3.05) is 0 Å². The largest absolute Gasteiger partial charge is 0.422 e. The summed E-state index contributed by atoms with van der Waals surface area (Å²) in [6, 6.07) is 12.2. The van der Waals surface area contributed by atoms with Crippen LogP contribution in [-0.4, -0.2) is 5.97 Å². The van der Waals surface area contributed by atoms with Gasteiger partial charge in [0.1, 0.15) is 10.6 Å². The Hall–Kier alpha value is -1.65. The zero-order valence-corrected chi connectivity index (χ0v) is 18.6. The molecule has 2 heterocycles. The van der Waals surface area contributed by atoms with Crippen molar-refractivity contribution in [1.82, 2.24) is 0 Å². The molecule has 3 aromatic rings. The third-order valence-corrected chi connectivity index (χ3v) is 7.38. The Morgan fingerprint density at radius 3 is 2.32 bits per heavy atom. The first-order chi connectivity index (χ1) is 13.7. The van der Waals surface area contributed by atoms with E-state index in [1.54, 1.807) is 22.7 Å². The second-order valence-corrected chi connectivity index (χ2v) is 9.81. The van der Waals surface area contributed by atoms with E-state index in [-0.39, 0.29) is 5.97 Å². The van der Waals surface area contributed by atoms with Gasteiger partial charge in [-0.25, -0.2) is 4.79 Å². The van der Waals surface area contributed by atoms with Crippen LogP contribution in [0.2, 0.25) is 0 Å². The molecule has 0 saturated carbocycles. The molecule has 0 aliphatic rings. The van der Waals surface area contributed by atoms with Gasteiger partial charge in [0.15, 0.2) is 0 Å². The van der Waals surface area contributed by atoms with Crippen molar-refractivity contribution in [3.05, 3.63) is 51.7 Å². The van der Waals surface area contributed by atoms with Crippen LogP contribution in [0, 0.1) is 0 Å². The van der Waals surface area contributed by atoms with Gasteiger partial charge >= 0.3 is 5.97 Å². The number of benzene rings is 1. The van der Waals surface area contributed by atoms with Crippen LogP contribution in [0.25, 0.3) is 9.40 Å². The van der Waals surface area contributed by atoms with E-state index in [1.165, 1.54) is 64.8 Å². The minimum absolute atomic E-state index is 0.254. The summed E-state index contributed by atoms with van der Waals surface area (Å²) in [5.74, 6) is 0.371. The monoisotopic (exact) mass is 414 g/mol. The lowest BCUT2D eigenvalue weighted by molar-refractivity contribution is 0.0740. The summed E-state index contributed by atoms with van der Waals surface area (Å²) in [6.45, 7) is 4.45. The predicted octanol–water partition coefficient (Wildman–Crippen LogP) is 8.04. The van der Waals surface area contributed by atoms with Crippen molar-refractivity contribution in [2.45, 2.75) is 71.6 Å². The average Bonchev–Trinajstić information content (AvgIpc) is 3.26. The molecular weight excluding hydrogens is 384 g/mol. The Morgan fingerprint density at radius 2 is 1.61 bits per heavy atom. The van der Waals surface area contributed by atoms with Crippen LogP contribution < -0.4 is 4.74 Å². The highest BCUT2D eigenvalue weighted by Crippen LogP contribution is 2.34. The normalized spacial score (nSPS) is 11.2. The molecule has 0 fully saturated rings. The van der Waals surface area contributed by atoms with Crippen LogP contribution in [-0.2, 0) is 12.8 Å². The number of carbonyl (C=O) groups is 1. The first-order valence-electron chi connectivity index (χ1n) is 10.5. The van der Waals surface area contributed by atoms with Gasteiger partial charge in [0.2, 0.25) is 0 Å². The first-order valence-corrected chi connectivity index (χ1v) is 12.2. The average molecular weight is 415 g/mol. The third-order valence-electron chi connectivity index (χ3n) is 4.95. The smallest absolute Gasteiger partial charge is 0.353 e. The molecule has 28 heavy (non-hydrogen) atoms. The molecule has 0 unspecified atom stereocenters. The number of hydrogen-bond donors (Lipinski definition) is 0. The van der Waals surface area contributed by atoms with Gasteiger partial charge in [-0.3, -0.25) is 0 Å². The van der Waals surface area contributed by atoms with Gasteiger partial charge in [-0.1, -0.05) is 58.1 Å². The van der Waals surface area contributed by atoms with Crippen molar-refractivity contribution in [1.29, 1.82) is 0 Å². The van der Waals surface area contributed by atoms with Crippen LogP contribution in [0.3, 0.4) is 0 Å². The van der Waals surface area contributed by atoms with Gasteiger partial charge in [0.05, 0.1) is 4.01 Å². The van der Waals surface area contributed by atoms with E-state index in [1.807, 2.05) is 18.2 Å². The van der Waals surface area contributed by atoms with E-state index in [4.69, 9.17) is 4.74 Å². The highest BCUT2D eigenvalue weighted by atomic mass is 32.2. The Balaban J connectivity index is 1.52. The number of unbranched alkanes of at least 4 members (excludes halogenated alkanes) is 5. The summed E-state index contributed by atoms with van der Waals surface area (Å²) in [5, 5.41) is 1.17. The van der Waals surface area contributed by atoms with Crippen molar-refractivity contribution >= 4 is 38.0 Å². The first kappa shape index (κ1) is 21.1. The number of hydrogen-bond acceptors (Lipinski definition) is 4. The minimum atomic E-state index is -0.254. The Morgan fingerprint density at radius 1 is 0.857 bits per heavy atom. The lowest BCUT2D eigenvalue weighted by atomic mass is 10.1. The molecule has 2 aromatic heterocycles. The highest BCUT2D eigenvalue weighted by Gasteiger charge is 2.15. The second kappa shape index (κ2) is 10.8. The maximum atomic E-state index is 12.5. The van der Waals surface area contributed by atoms with Crippen LogP contribution in [0.15, 0.2) is 36.4 Å². The van der Waals surface area contributed by atoms with E-state index in [0.717, 1.165) is 12.8 Å². The SMILES string of the molecule is CCCCCCCc1ccc(OC(=O)c2cc3cc(CCCC)sc3s2)cc1. The Kier molecular flexibility index (Phi) is 8.11. The van der Waals surface area contributed by atoms with Gasteiger partial charge in [0, 0.05) is 10.3 Å². The lowest BCUT2D eigenvalue weighted by Gasteiger charge is -2.05. The summed E-state index contributed by atoms with van der Waals surface area (Å²) in [5.41, 5.74) is 1.31. The fourth-order valence-corrected chi connectivity index (χ4v) is 5.69. The molecule has 0 radical (unpaired) electrons. The van der Waals surface area contributed by atoms with Crippen molar-refractivity contribution in [3.8, 4) is 5.75 Å². The molecule has 0 N–H and O–H groups in total. The zero-order valence-electron chi connectivity index (χ0n) is 17.0. The number of fused-ring (bicyclic) bond motifs is 1. The summed E-state index contributed by atoms with van der Waals surface area (Å²) < 4.78 is 6.80. The quantitative estimate of drug-likeness (QED) is 0.180. The van der Waals surface area contributed by atoms with Crippen LogP contribution in [0.4, 0.5) is 0 Å². The molecule has 1 aromatic carbocycles. The summed E-state index contributed by atoms with van der Waals surface area (Å²) in [6.07, 6.45) is 11.1.